The number of hydrogen-bond acceptors (Lipinski definition) is 3. The van der Waals surface area contributed by atoms with Gasteiger partial charge in [-0.25, -0.2) is 9.67 Å². The van der Waals surface area contributed by atoms with Gasteiger partial charge >= 0.3 is 0 Å². The Balaban J connectivity index is 1.25. The number of aromatic nitrogens is 4. The second-order valence-electron chi connectivity index (χ2n) is 11.3. The first kappa shape index (κ1) is 27.7. The van der Waals surface area contributed by atoms with Crippen LogP contribution in [0, 0.1) is 6.92 Å². The first-order valence-electron chi connectivity index (χ1n) is 15.5. The molecule has 44 heavy (non-hydrogen) atoms. The number of aryl methyl sites for hydroxylation is 3. The molecule has 3 heterocycles. The predicted octanol–water partition coefficient (Wildman–Crippen LogP) is 9.82. The van der Waals surface area contributed by atoms with Crippen LogP contribution in [0.3, 0.4) is 0 Å². The molecule has 4 aromatic carbocycles. The topological polar surface area (TPSA) is 44.9 Å². The lowest BCUT2D eigenvalue weighted by molar-refractivity contribution is 0.483. The molecule has 0 N–H and O–H groups in total. The second kappa shape index (κ2) is 11.5. The molecule has 218 valence electrons. The SMILES string of the molecule is CCc1ccc(CC)c(-c2cnn(-c3cccc(Oc4ccc5c6ccccc6n(-c6cc(C)ccn6)c5c4)c3)c2)c1CC. The maximum Gasteiger partial charge on any atom is 0.137 e. The molecule has 0 atom stereocenters. The first-order chi connectivity index (χ1) is 21.6. The van der Waals surface area contributed by atoms with Gasteiger partial charge in [-0.05, 0) is 96.5 Å². The minimum atomic E-state index is 0.756. The van der Waals surface area contributed by atoms with Crippen LogP contribution in [0.25, 0.3) is 44.4 Å². The molecular weight excluding hydrogens is 540 g/mol. The number of benzene rings is 4. The number of ether oxygens (including phenoxy) is 1. The van der Waals surface area contributed by atoms with E-state index >= 15 is 0 Å². The van der Waals surface area contributed by atoms with Crippen LogP contribution in [0.5, 0.6) is 11.5 Å². The molecule has 0 saturated carbocycles. The third-order valence-corrected chi connectivity index (χ3v) is 8.58. The minimum absolute atomic E-state index is 0.756. The van der Waals surface area contributed by atoms with E-state index in [0.717, 1.165) is 58.9 Å². The summed E-state index contributed by atoms with van der Waals surface area (Å²) in [6.07, 6.45) is 9.03. The number of nitrogens with zero attached hydrogens (tertiary/aromatic N) is 4. The number of para-hydroxylation sites is 1. The van der Waals surface area contributed by atoms with Crippen LogP contribution < -0.4 is 4.74 Å². The molecule has 0 aliphatic carbocycles. The Morgan fingerprint density at radius 1 is 0.705 bits per heavy atom. The quantitative estimate of drug-likeness (QED) is 0.181. The highest BCUT2D eigenvalue weighted by atomic mass is 16.5. The maximum absolute atomic E-state index is 6.48. The summed E-state index contributed by atoms with van der Waals surface area (Å²) in [6.45, 7) is 8.80. The van der Waals surface area contributed by atoms with E-state index < -0.39 is 0 Å². The number of hydrogen-bond donors (Lipinski definition) is 0. The summed E-state index contributed by atoms with van der Waals surface area (Å²) in [5, 5.41) is 7.14. The van der Waals surface area contributed by atoms with Crippen molar-refractivity contribution < 1.29 is 4.74 Å². The highest BCUT2D eigenvalue weighted by molar-refractivity contribution is 6.09. The molecule has 0 spiro atoms. The van der Waals surface area contributed by atoms with Crippen molar-refractivity contribution in [1.82, 2.24) is 19.3 Å². The van der Waals surface area contributed by atoms with E-state index in [1.54, 1.807) is 0 Å². The third kappa shape index (κ3) is 4.84. The number of rotatable bonds is 8. The van der Waals surface area contributed by atoms with E-state index in [1.165, 1.54) is 38.6 Å². The molecule has 5 nitrogen and oxygen atoms in total. The summed E-state index contributed by atoms with van der Waals surface area (Å²) >= 11 is 0. The molecule has 0 saturated heterocycles. The molecule has 0 bridgehead atoms. The molecule has 0 unspecified atom stereocenters. The van der Waals surface area contributed by atoms with Gasteiger partial charge in [-0.1, -0.05) is 57.2 Å². The van der Waals surface area contributed by atoms with Gasteiger partial charge in [0.25, 0.3) is 0 Å². The van der Waals surface area contributed by atoms with Crippen molar-refractivity contribution in [1.29, 1.82) is 0 Å². The zero-order valence-electron chi connectivity index (χ0n) is 25.7. The standard InChI is InChI=1S/C39H36N4O/c1-5-27-15-16-28(6-2)39(33(27)7-3)29-24-41-42(25-29)30-11-10-12-31(22-30)44-32-17-18-35-34-13-8-9-14-36(34)43(37(35)23-32)38-21-26(4)19-20-40-38/h8-25H,5-7H2,1-4H3. The molecule has 0 aliphatic heterocycles. The monoisotopic (exact) mass is 576 g/mol. The van der Waals surface area contributed by atoms with E-state index in [4.69, 9.17) is 14.8 Å². The summed E-state index contributed by atoms with van der Waals surface area (Å²) in [5.41, 5.74) is 11.0. The highest BCUT2D eigenvalue weighted by Gasteiger charge is 2.16. The van der Waals surface area contributed by atoms with E-state index in [1.807, 2.05) is 47.4 Å². The average Bonchev–Trinajstić information content (AvgIpc) is 3.67. The first-order valence-corrected chi connectivity index (χ1v) is 15.5. The largest absolute Gasteiger partial charge is 0.457 e. The molecule has 0 amide bonds. The fraction of sp³-hybridized carbons (Fsp3) is 0.179. The van der Waals surface area contributed by atoms with Crippen LogP contribution >= 0.6 is 0 Å². The number of fused-ring (bicyclic) bond motifs is 3. The smallest absolute Gasteiger partial charge is 0.137 e. The van der Waals surface area contributed by atoms with Gasteiger partial charge in [-0.3, -0.25) is 4.57 Å². The fourth-order valence-electron chi connectivity index (χ4n) is 6.45. The lowest BCUT2D eigenvalue weighted by Gasteiger charge is -2.16. The van der Waals surface area contributed by atoms with Crippen LogP contribution in [0.15, 0.2) is 110 Å². The van der Waals surface area contributed by atoms with Crippen molar-refractivity contribution in [3.05, 3.63) is 132 Å². The van der Waals surface area contributed by atoms with E-state index in [9.17, 15) is 0 Å². The van der Waals surface area contributed by atoms with Crippen molar-refractivity contribution in [2.45, 2.75) is 47.0 Å². The summed E-state index contributed by atoms with van der Waals surface area (Å²) in [5.74, 6) is 2.42. The zero-order valence-corrected chi connectivity index (χ0v) is 25.7. The Morgan fingerprint density at radius 3 is 2.32 bits per heavy atom. The van der Waals surface area contributed by atoms with Crippen LogP contribution in [0.1, 0.15) is 43.0 Å². The molecule has 3 aromatic heterocycles. The Kier molecular flexibility index (Phi) is 7.23. The van der Waals surface area contributed by atoms with Crippen molar-refractivity contribution >= 4 is 21.8 Å². The summed E-state index contributed by atoms with van der Waals surface area (Å²) in [6, 6.07) is 31.6. The molecule has 7 rings (SSSR count). The van der Waals surface area contributed by atoms with Gasteiger partial charge < -0.3 is 4.74 Å². The van der Waals surface area contributed by atoms with Crippen molar-refractivity contribution in [2.24, 2.45) is 0 Å². The van der Waals surface area contributed by atoms with Crippen LogP contribution in [-0.2, 0) is 19.3 Å². The average molecular weight is 577 g/mol. The Morgan fingerprint density at radius 2 is 1.50 bits per heavy atom. The molecule has 0 radical (unpaired) electrons. The predicted molar refractivity (Wildman–Crippen MR) is 181 cm³/mol. The normalized spacial score (nSPS) is 11.5. The van der Waals surface area contributed by atoms with Gasteiger partial charge in [-0.2, -0.15) is 5.10 Å². The Hall–Kier alpha value is -5.16. The van der Waals surface area contributed by atoms with E-state index in [0.29, 0.717) is 0 Å². The molecule has 0 fully saturated rings. The molecular formula is C39H36N4O. The highest BCUT2D eigenvalue weighted by Crippen LogP contribution is 2.36. The fourth-order valence-corrected chi connectivity index (χ4v) is 6.45. The lowest BCUT2D eigenvalue weighted by Crippen LogP contribution is -1.99. The van der Waals surface area contributed by atoms with Gasteiger partial charge in [0.1, 0.15) is 17.3 Å². The van der Waals surface area contributed by atoms with Crippen LogP contribution in [0.2, 0.25) is 0 Å². The van der Waals surface area contributed by atoms with Gasteiger partial charge in [0.15, 0.2) is 0 Å². The zero-order chi connectivity index (χ0) is 30.2. The van der Waals surface area contributed by atoms with Gasteiger partial charge in [0, 0.05) is 40.9 Å². The summed E-state index contributed by atoms with van der Waals surface area (Å²) in [7, 11) is 0. The van der Waals surface area contributed by atoms with Crippen LogP contribution in [0.4, 0.5) is 0 Å². The Bertz CT molecular complexity index is 2130. The Labute approximate surface area is 258 Å². The third-order valence-electron chi connectivity index (χ3n) is 8.58. The van der Waals surface area contributed by atoms with E-state index in [2.05, 4.69) is 99.1 Å². The summed E-state index contributed by atoms with van der Waals surface area (Å²) in [4.78, 5) is 4.71. The van der Waals surface area contributed by atoms with Gasteiger partial charge in [0.05, 0.1) is 22.9 Å². The van der Waals surface area contributed by atoms with Crippen LogP contribution in [-0.4, -0.2) is 19.3 Å². The molecule has 7 aromatic rings. The van der Waals surface area contributed by atoms with Gasteiger partial charge in [0.2, 0.25) is 0 Å². The molecule has 0 aliphatic rings. The minimum Gasteiger partial charge on any atom is -0.457 e. The van der Waals surface area contributed by atoms with Crippen molar-refractivity contribution in [3.8, 4) is 34.1 Å². The maximum atomic E-state index is 6.48. The van der Waals surface area contributed by atoms with E-state index in [-0.39, 0.29) is 0 Å². The van der Waals surface area contributed by atoms with Crippen molar-refractivity contribution in [2.75, 3.05) is 0 Å². The van der Waals surface area contributed by atoms with Gasteiger partial charge in [-0.15, -0.1) is 0 Å². The molecule has 5 heteroatoms. The second-order valence-corrected chi connectivity index (χ2v) is 11.3. The summed E-state index contributed by atoms with van der Waals surface area (Å²) < 4.78 is 10.6. The van der Waals surface area contributed by atoms with Crippen molar-refractivity contribution in [3.63, 3.8) is 0 Å². The lowest BCUT2D eigenvalue weighted by atomic mass is 9.89. The number of pyridine rings is 1.